The van der Waals surface area contributed by atoms with Gasteiger partial charge in [0.1, 0.15) is 0 Å². The zero-order valence-electron chi connectivity index (χ0n) is 12.7. The maximum absolute atomic E-state index is 3.70. The topological polar surface area (TPSA) is 12.0 Å². The number of allylic oxidation sites excluding steroid dienone is 2. The molecular formula is C18H27N. The molecule has 2 rings (SSSR count). The van der Waals surface area contributed by atoms with Gasteiger partial charge in [0.15, 0.2) is 0 Å². The van der Waals surface area contributed by atoms with Gasteiger partial charge in [0.2, 0.25) is 0 Å². The lowest BCUT2D eigenvalue weighted by molar-refractivity contribution is 0.367. The van der Waals surface area contributed by atoms with Crippen LogP contribution in [0.2, 0.25) is 0 Å². The molecule has 3 unspecified atom stereocenters. The fraction of sp³-hybridized carbons (Fsp3) is 0.556. The Kier molecular flexibility index (Phi) is 4.81. The van der Waals surface area contributed by atoms with E-state index in [-0.39, 0.29) is 0 Å². The van der Waals surface area contributed by atoms with Crippen LogP contribution >= 0.6 is 0 Å². The monoisotopic (exact) mass is 257 g/mol. The Morgan fingerprint density at radius 1 is 1.21 bits per heavy atom. The van der Waals surface area contributed by atoms with Crippen molar-refractivity contribution >= 4 is 0 Å². The van der Waals surface area contributed by atoms with Gasteiger partial charge in [-0.15, -0.1) is 0 Å². The molecule has 0 aromatic heterocycles. The maximum Gasteiger partial charge on any atom is 0.0291 e. The second-order valence-electron chi connectivity index (χ2n) is 6.34. The molecule has 0 saturated carbocycles. The summed E-state index contributed by atoms with van der Waals surface area (Å²) in [5.41, 5.74) is 4.29. The summed E-state index contributed by atoms with van der Waals surface area (Å²) in [5.74, 6) is 1.54. The van der Waals surface area contributed by atoms with Gasteiger partial charge in [0, 0.05) is 6.04 Å². The van der Waals surface area contributed by atoms with Crippen molar-refractivity contribution in [2.75, 3.05) is 6.54 Å². The average molecular weight is 257 g/mol. The summed E-state index contributed by atoms with van der Waals surface area (Å²) in [6.45, 7) is 10.1. The molecule has 0 spiro atoms. The molecule has 1 aliphatic carbocycles. The summed E-state index contributed by atoms with van der Waals surface area (Å²) in [7, 11) is 0. The molecule has 0 bridgehead atoms. The van der Waals surface area contributed by atoms with Crippen LogP contribution in [0, 0.1) is 18.8 Å². The summed E-state index contributed by atoms with van der Waals surface area (Å²) in [4.78, 5) is 0. The average Bonchev–Trinajstić information content (AvgIpc) is 2.36. The molecule has 0 saturated heterocycles. The molecule has 1 aromatic carbocycles. The molecule has 3 atom stereocenters. The minimum Gasteiger partial charge on any atom is -0.310 e. The Morgan fingerprint density at radius 2 is 1.89 bits per heavy atom. The molecule has 0 heterocycles. The van der Waals surface area contributed by atoms with Gasteiger partial charge in [-0.3, -0.25) is 0 Å². The Morgan fingerprint density at radius 3 is 2.53 bits per heavy atom. The van der Waals surface area contributed by atoms with Crippen molar-refractivity contribution in [1.82, 2.24) is 5.32 Å². The highest BCUT2D eigenvalue weighted by Gasteiger charge is 2.18. The predicted octanol–water partition coefficient (Wildman–Crippen LogP) is 4.64. The summed E-state index contributed by atoms with van der Waals surface area (Å²) in [6.07, 6.45) is 5.02. The number of hydrogen-bond donors (Lipinski definition) is 1. The van der Waals surface area contributed by atoms with Crippen molar-refractivity contribution in [1.29, 1.82) is 0 Å². The first-order valence-corrected chi connectivity index (χ1v) is 7.52. The number of nitrogens with one attached hydrogen (secondary N) is 1. The van der Waals surface area contributed by atoms with Crippen molar-refractivity contribution in [3.63, 3.8) is 0 Å². The fourth-order valence-corrected chi connectivity index (χ4v) is 3.16. The standard InChI is InChI=1S/C18H27N/c1-13-5-7-18(8-6-13)16(4)19-12-17-10-14(2)9-15(3)11-17/h5-9,14,16-17,19H,10-12H2,1-4H3. The Hall–Kier alpha value is -1.08. The van der Waals surface area contributed by atoms with Crippen LogP contribution in [-0.2, 0) is 0 Å². The molecule has 1 nitrogen and oxygen atoms in total. The SMILES string of the molecule is CC1=CC(C)CC(CNC(C)c2ccc(C)cc2)C1. The highest BCUT2D eigenvalue weighted by atomic mass is 14.9. The molecule has 1 aromatic rings. The van der Waals surface area contributed by atoms with Crippen molar-refractivity contribution < 1.29 is 0 Å². The molecule has 1 N–H and O–H groups in total. The minimum absolute atomic E-state index is 0.446. The third kappa shape index (κ3) is 4.21. The van der Waals surface area contributed by atoms with Crippen LogP contribution in [0.25, 0.3) is 0 Å². The molecular weight excluding hydrogens is 230 g/mol. The van der Waals surface area contributed by atoms with Crippen molar-refractivity contribution in [2.45, 2.75) is 46.6 Å². The van der Waals surface area contributed by atoms with Gasteiger partial charge in [-0.1, -0.05) is 48.4 Å². The normalized spacial score (nSPS) is 24.9. The Labute approximate surface area is 118 Å². The lowest BCUT2D eigenvalue weighted by Crippen LogP contribution is -2.28. The van der Waals surface area contributed by atoms with E-state index in [1.165, 1.54) is 24.0 Å². The lowest BCUT2D eigenvalue weighted by Gasteiger charge is -2.27. The largest absolute Gasteiger partial charge is 0.310 e. The molecule has 19 heavy (non-hydrogen) atoms. The number of benzene rings is 1. The quantitative estimate of drug-likeness (QED) is 0.775. The highest BCUT2D eigenvalue weighted by Crippen LogP contribution is 2.27. The highest BCUT2D eigenvalue weighted by molar-refractivity contribution is 5.23. The van der Waals surface area contributed by atoms with Crippen LogP contribution in [0.4, 0.5) is 0 Å². The third-order valence-corrected chi connectivity index (χ3v) is 4.17. The van der Waals surface area contributed by atoms with E-state index < -0.39 is 0 Å². The third-order valence-electron chi connectivity index (χ3n) is 4.17. The van der Waals surface area contributed by atoms with Crippen molar-refractivity contribution in [2.24, 2.45) is 11.8 Å². The van der Waals surface area contributed by atoms with E-state index in [4.69, 9.17) is 0 Å². The van der Waals surface area contributed by atoms with Crippen molar-refractivity contribution in [3.8, 4) is 0 Å². The molecule has 0 fully saturated rings. The molecule has 0 aliphatic heterocycles. The Balaban J connectivity index is 1.85. The smallest absolute Gasteiger partial charge is 0.0291 e. The second-order valence-corrected chi connectivity index (χ2v) is 6.34. The maximum atomic E-state index is 3.70. The number of hydrogen-bond acceptors (Lipinski definition) is 1. The summed E-state index contributed by atoms with van der Waals surface area (Å²) >= 11 is 0. The fourth-order valence-electron chi connectivity index (χ4n) is 3.16. The van der Waals surface area contributed by atoms with Gasteiger partial charge in [-0.05, 0) is 57.6 Å². The van der Waals surface area contributed by atoms with E-state index in [9.17, 15) is 0 Å². The van der Waals surface area contributed by atoms with Gasteiger partial charge in [-0.25, -0.2) is 0 Å². The van der Waals surface area contributed by atoms with Crippen LogP contribution in [0.15, 0.2) is 35.9 Å². The zero-order chi connectivity index (χ0) is 13.8. The predicted molar refractivity (Wildman–Crippen MR) is 83.2 cm³/mol. The molecule has 0 radical (unpaired) electrons. The van der Waals surface area contributed by atoms with E-state index in [0.29, 0.717) is 6.04 Å². The first kappa shape index (κ1) is 14.3. The van der Waals surface area contributed by atoms with Crippen LogP contribution in [0.1, 0.15) is 50.8 Å². The van der Waals surface area contributed by atoms with Crippen LogP contribution in [0.3, 0.4) is 0 Å². The van der Waals surface area contributed by atoms with E-state index in [1.54, 1.807) is 5.57 Å². The lowest BCUT2D eigenvalue weighted by atomic mass is 9.83. The molecule has 1 heteroatoms. The summed E-state index contributed by atoms with van der Waals surface area (Å²) < 4.78 is 0. The first-order chi connectivity index (χ1) is 9.04. The number of aryl methyl sites for hydroxylation is 1. The first-order valence-electron chi connectivity index (χ1n) is 7.52. The molecule has 0 amide bonds. The van der Waals surface area contributed by atoms with Crippen LogP contribution in [-0.4, -0.2) is 6.54 Å². The van der Waals surface area contributed by atoms with E-state index >= 15 is 0 Å². The Bertz CT molecular complexity index is 430. The number of rotatable bonds is 4. The summed E-state index contributed by atoms with van der Waals surface area (Å²) in [5, 5.41) is 3.70. The van der Waals surface area contributed by atoms with E-state index in [0.717, 1.165) is 18.4 Å². The molecule has 1 aliphatic rings. The zero-order valence-corrected chi connectivity index (χ0v) is 12.7. The van der Waals surface area contributed by atoms with Gasteiger partial charge in [0.25, 0.3) is 0 Å². The van der Waals surface area contributed by atoms with Crippen molar-refractivity contribution in [3.05, 3.63) is 47.0 Å². The van der Waals surface area contributed by atoms with Gasteiger partial charge >= 0.3 is 0 Å². The van der Waals surface area contributed by atoms with Crippen LogP contribution < -0.4 is 5.32 Å². The van der Waals surface area contributed by atoms with E-state index in [1.807, 2.05) is 0 Å². The summed E-state index contributed by atoms with van der Waals surface area (Å²) in [6, 6.07) is 9.32. The second kappa shape index (κ2) is 6.38. The van der Waals surface area contributed by atoms with Gasteiger partial charge < -0.3 is 5.32 Å². The molecule has 104 valence electrons. The minimum atomic E-state index is 0.446. The van der Waals surface area contributed by atoms with E-state index in [2.05, 4.69) is 63.4 Å². The van der Waals surface area contributed by atoms with Gasteiger partial charge in [0.05, 0.1) is 0 Å². The van der Waals surface area contributed by atoms with Crippen LogP contribution in [0.5, 0.6) is 0 Å². The van der Waals surface area contributed by atoms with Gasteiger partial charge in [-0.2, -0.15) is 0 Å².